The zero-order valence-corrected chi connectivity index (χ0v) is 13.8. The molecule has 0 saturated carbocycles. The van der Waals surface area contributed by atoms with Crippen molar-refractivity contribution in [2.45, 2.75) is 38.9 Å². The largest absolute Gasteiger partial charge is 0.319 e. The van der Waals surface area contributed by atoms with E-state index in [1.165, 1.54) is 11.1 Å². The molecule has 1 N–H and O–H groups in total. The number of sulfone groups is 1. The lowest BCUT2D eigenvalue weighted by molar-refractivity contribution is 0.477. The maximum atomic E-state index is 11.9. The van der Waals surface area contributed by atoms with E-state index in [0.29, 0.717) is 5.92 Å². The van der Waals surface area contributed by atoms with Crippen LogP contribution in [0.15, 0.2) is 24.3 Å². The first-order valence-corrected chi connectivity index (χ1v) is 8.98. The molecule has 4 heteroatoms. The summed E-state index contributed by atoms with van der Waals surface area (Å²) in [6.45, 7) is 6.44. The van der Waals surface area contributed by atoms with E-state index < -0.39 is 9.84 Å². The second-order valence-electron chi connectivity index (χ2n) is 5.82. The van der Waals surface area contributed by atoms with Crippen LogP contribution in [-0.2, 0) is 16.3 Å². The normalized spacial score (nSPS) is 13.7. The number of benzene rings is 1. The van der Waals surface area contributed by atoms with Gasteiger partial charge in [0.25, 0.3) is 0 Å². The Balaban J connectivity index is 2.65. The molecule has 0 amide bonds. The fourth-order valence-corrected chi connectivity index (χ4v) is 3.44. The molecular formula is C16H27NO2S. The Morgan fingerprint density at radius 2 is 1.95 bits per heavy atom. The van der Waals surface area contributed by atoms with Crippen molar-refractivity contribution in [2.75, 3.05) is 19.3 Å². The van der Waals surface area contributed by atoms with Crippen molar-refractivity contribution in [3.8, 4) is 0 Å². The van der Waals surface area contributed by atoms with E-state index in [1.54, 1.807) is 13.8 Å². The summed E-state index contributed by atoms with van der Waals surface area (Å²) in [5.41, 5.74) is 2.53. The molecule has 0 aromatic heterocycles. The zero-order valence-electron chi connectivity index (χ0n) is 13.0. The molecule has 0 radical (unpaired) electrons. The highest BCUT2D eigenvalue weighted by Gasteiger charge is 2.19. The predicted octanol–water partition coefficient (Wildman–Crippen LogP) is 2.59. The third-order valence-corrected chi connectivity index (χ3v) is 5.87. The topological polar surface area (TPSA) is 46.2 Å². The fraction of sp³-hybridized carbons (Fsp3) is 0.625. The standard InChI is InChI=1S/C16H27NO2S/c1-13(2)20(18,19)9-8-16(12-17-4)11-15-7-5-6-14(3)10-15/h5-7,10,13,16-17H,8-9,11-12H2,1-4H3. The zero-order chi connectivity index (χ0) is 15.2. The monoisotopic (exact) mass is 297 g/mol. The van der Waals surface area contributed by atoms with Crippen LogP contribution in [-0.4, -0.2) is 33.0 Å². The Bertz CT molecular complexity index is 509. The molecule has 0 aliphatic heterocycles. The molecule has 0 aliphatic rings. The fourth-order valence-electron chi connectivity index (χ4n) is 2.30. The Kier molecular flexibility index (Phi) is 6.69. The molecule has 1 aromatic carbocycles. The minimum atomic E-state index is -2.94. The molecule has 1 unspecified atom stereocenters. The molecule has 0 saturated heterocycles. The quantitative estimate of drug-likeness (QED) is 0.802. The number of hydrogen-bond donors (Lipinski definition) is 1. The van der Waals surface area contributed by atoms with E-state index in [1.807, 2.05) is 7.05 Å². The van der Waals surface area contributed by atoms with Gasteiger partial charge < -0.3 is 5.32 Å². The predicted molar refractivity (Wildman–Crippen MR) is 85.8 cm³/mol. The highest BCUT2D eigenvalue weighted by atomic mass is 32.2. The summed E-state index contributed by atoms with van der Waals surface area (Å²) in [6.07, 6.45) is 1.64. The van der Waals surface area contributed by atoms with Crippen molar-refractivity contribution in [1.29, 1.82) is 0 Å². The average molecular weight is 297 g/mol. The summed E-state index contributed by atoms with van der Waals surface area (Å²) in [4.78, 5) is 0. The first-order valence-electron chi connectivity index (χ1n) is 7.27. The van der Waals surface area contributed by atoms with E-state index in [-0.39, 0.29) is 11.0 Å². The summed E-state index contributed by atoms with van der Waals surface area (Å²) in [5.74, 6) is 0.637. The van der Waals surface area contributed by atoms with Crippen molar-refractivity contribution in [3.63, 3.8) is 0 Å². The van der Waals surface area contributed by atoms with Crippen LogP contribution in [0.5, 0.6) is 0 Å². The van der Waals surface area contributed by atoms with Crippen LogP contribution in [0.4, 0.5) is 0 Å². The summed E-state index contributed by atoms with van der Waals surface area (Å²) < 4.78 is 23.9. The number of hydrogen-bond acceptors (Lipinski definition) is 3. The molecule has 114 valence electrons. The lowest BCUT2D eigenvalue weighted by atomic mass is 9.96. The number of nitrogens with one attached hydrogen (secondary N) is 1. The van der Waals surface area contributed by atoms with Crippen LogP contribution in [0.2, 0.25) is 0 Å². The minimum absolute atomic E-state index is 0.281. The van der Waals surface area contributed by atoms with Gasteiger partial charge in [0.2, 0.25) is 0 Å². The van der Waals surface area contributed by atoms with Gasteiger partial charge in [-0.2, -0.15) is 0 Å². The summed E-state index contributed by atoms with van der Waals surface area (Å²) in [7, 11) is -1.02. The van der Waals surface area contributed by atoms with Gasteiger partial charge in [-0.25, -0.2) is 8.42 Å². The van der Waals surface area contributed by atoms with Gasteiger partial charge in [0.1, 0.15) is 0 Å². The number of rotatable bonds is 8. The Morgan fingerprint density at radius 3 is 2.50 bits per heavy atom. The molecule has 0 fully saturated rings. The van der Waals surface area contributed by atoms with Crippen LogP contribution in [0.25, 0.3) is 0 Å². The second-order valence-corrected chi connectivity index (χ2v) is 8.50. The van der Waals surface area contributed by atoms with Crippen molar-refractivity contribution >= 4 is 9.84 Å². The van der Waals surface area contributed by atoms with Gasteiger partial charge in [-0.15, -0.1) is 0 Å². The molecule has 1 rings (SSSR count). The van der Waals surface area contributed by atoms with E-state index in [2.05, 4.69) is 36.5 Å². The first-order chi connectivity index (χ1) is 9.35. The minimum Gasteiger partial charge on any atom is -0.319 e. The lowest BCUT2D eigenvalue weighted by Gasteiger charge is -2.18. The smallest absolute Gasteiger partial charge is 0.152 e. The van der Waals surface area contributed by atoms with Crippen molar-refractivity contribution in [3.05, 3.63) is 35.4 Å². The Morgan fingerprint density at radius 1 is 1.25 bits per heavy atom. The Labute approximate surface area is 123 Å². The molecule has 3 nitrogen and oxygen atoms in total. The third kappa shape index (κ3) is 5.63. The maximum Gasteiger partial charge on any atom is 0.152 e. The molecular weight excluding hydrogens is 270 g/mol. The van der Waals surface area contributed by atoms with Gasteiger partial charge in [0, 0.05) is 0 Å². The van der Waals surface area contributed by atoms with Crippen LogP contribution in [0, 0.1) is 12.8 Å². The van der Waals surface area contributed by atoms with Crippen molar-refractivity contribution in [2.24, 2.45) is 5.92 Å². The van der Waals surface area contributed by atoms with Crippen LogP contribution < -0.4 is 5.32 Å². The lowest BCUT2D eigenvalue weighted by Crippen LogP contribution is -2.25. The van der Waals surface area contributed by atoms with Crippen LogP contribution in [0.3, 0.4) is 0 Å². The van der Waals surface area contributed by atoms with Gasteiger partial charge in [-0.05, 0) is 58.7 Å². The molecule has 0 bridgehead atoms. The van der Waals surface area contributed by atoms with Crippen LogP contribution >= 0.6 is 0 Å². The third-order valence-electron chi connectivity index (χ3n) is 3.63. The van der Waals surface area contributed by atoms with Gasteiger partial charge in [-0.1, -0.05) is 29.8 Å². The number of aryl methyl sites for hydroxylation is 1. The first kappa shape index (κ1) is 17.2. The highest BCUT2D eigenvalue weighted by molar-refractivity contribution is 7.91. The van der Waals surface area contributed by atoms with Crippen molar-refractivity contribution in [1.82, 2.24) is 5.32 Å². The molecule has 1 atom stereocenters. The SMILES string of the molecule is CNCC(CCS(=O)(=O)C(C)C)Cc1cccc(C)c1. The van der Waals surface area contributed by atoms with E-state index in [0.717, 1.165) is 19.4 Å². The summed E-state index contributed by atoms with van der Waals surface area (Å²) in [6, 6.07) is 8.44. The van der Waals surface area contributed by atoms with Gasteiger partial charge in [-0.3, -0.25) is 0 Å². The maximum absolute atomic E-state index is 11.9. The second kappa shape index (κ2) is 7.79. The van der Waals surface area contributed by atoms with E-state index >= 15 is 0 Å². The summed E-state index contributed by atoms with van der Waals surface area (Å²) in [5, 5.41) is 2.89. The molecule has 0 heterocycles. The molecule has 0 spiro atoms. The average Bonchev–Trinajstić information content (AvgIpc) is 2.36. The molecule has 0 aliphatic carbocycles. The summed E-state index contributed by atoms with van der Waals surface area (Å²) >= 11 is 0. The van der Waals surface area contributed by atoms with Crippen molar-refractivity contribution < 1.29 is 8.42 Å². The highest BCUT2D eigenvalue weighted by Crippen LogP contribution is 2.15. The van der Waals surface area contributed by atoms with E-state index in [4.69, 9.17) is 0 Å². The van der Waals surface area contributed by atoms with Gasteiger partial charge in [0.15, 0.2) is 9.84 Å². The Hall–Kier alpha value is -0.870. The van der Waals surface area contributed by atoms with Gasteiger partial charge in [0.05, 0.1) is 11.0 Å². The molecule has 1 aromatic rings. The van der Waals surface area contributed by atoms with E-state index in [9.17, 15) is 8.42 Å². The molecule has 20 heavy (non-hydrogen) atoms. The van der Waals surface area contributed by atoms with Gasteiger partial charge >= 0.3 is 0 Å². The van der Waals surface area contributed by atoms with Crippen LogP contribution in [0.1, 0.15) is 31.4 Å².